The number of H-pyrrole nitrogens is 1. The summed E-state index contributed by atoms with van der Waals surface area (Å²) in [6, 6.07) is 12.1. The first-order valence-electron chi connectivity index (χ1n) is 8.13. The Hall–Kier alpha value is -1.32. The molecule has 2 heterocycles. The highest BCUT2D eigenvalue weighted by atomic mass is 15.2. The van der Waals surface area contributed by atoms with Crippen molar-refractivity contribution in [2.45, 2.75) is 38.8 Å². The van der Waals surface area contributed by atoms with E-state index < -0.39 is 0 Å². The SMILES string of the molecule is C[C@@H]1CN(C)[C@@H](C)C[C@@H]1NCCc1cc2ccccc2[nH]1. The number of nitrogens with one attached hydrogen (secondary N) is 2. The monoisotopic (exact) mass is 285 g/mol. The van der Waals surface area contributed by atoms with Crippen LogP contribution in [0.15, 0.2) is 30.3 Å². The van der Waals surface area contributed by atoms with Crippen molar-refractivity contribution in [1.29, 1.82) is 0 Å². The second-order valence-electron chi connectivity index (χ2n) is 6.69. The molecule has 1 aromatic carbocycles. The quantitative estimate of drug-likeness (QED) is 0.904. The van der Waals surface area contributed by atoms with Gasteiger partial charge in [0, 0.05) is 36.4 Å². The third kappa shape index (κ3) is 3.30. The first-order chi connectivity index (χ1) is 10.1. The Kier molecular flexibility index (Phi) is 4.32. The van der Waals surface area contributed by atoms with E-state index in [1.165, 1.54) is 29.6 Å². The second-order valence-corrected chi connectivity index (χ2v) is 6.69. The number of aromatic nitrogens is 1. The van der Waals surface area contributed by atoms with Crippen molar-refractivity contribution >= 4 is 10.9 Å². The van der Waals surface area contributed by atoms with Crippen LogP contribution in [0.25, 0.3) is 10.9 Å². The highest BCUT2D eigenvalue weighted by molar-refractivity contribution is 5.80. The zero-order valence-corrected chi connectivity index (χ0v) is 13.4. The van der Waals surface area contributed by atoms with E-state index in [9.17, 15) is 0 Å². The first-order valence-corrected chi connectivity index (χ1v) is 8.13. The minimum atomic E-state index is 0.653. The first kappa shape index (κ1) is 14.6. The largest absolute Gasteiger partial charge is 0.358 e. The molecule has 1 aliphatic rings. The summed E-state index contributed by atoms with van der Waals surface area (Å²) in [7, 11) is 2.24. The third-order valence-electron chi connectivity index (χ3n) is 5.00. The van der Waals surface area contributed by atoms with Crippen LogP contribution in [0.3, 0.4) is 0 Å². The number of rotatable bonds is 4. The van der Waals surface area contributed by atoms with Crippen LogP contribution >= 0.6 is 0 Å². The fourth-order valence-electron chi connectivity index (χ4n) is 3.49. The number of fused-ring (bicyclic) bond motifs is 1. The van der Waals surface area contributed by atoms with Crippen LogP contribution < -0.4 is 5.32 Å². The summed E-state index contributed by atoms with van der Waals surface area (Å²) in [5, 5.41) is 5.08. The van der Waals surface area contributed by atoms with Crippen molar-refractivity contribution < 1.29 is 0 Å². The Labute approximate surface area is 127 Å². The van der Waals surface area contributed by atoms with Gasteiger partial charge in [0.2, 0.25) is 0 Å². The van der Waals surface area contributed by atoms with Gasteiger partial charge < -0.3 is 15.2 Å². The highest BCUT2D eigenvalue weighted by Gasteiger charge is 2.28. The van der Waals surface area contributed by atoms with Crippen LogP contribution in [0.2, 0.25) is 0 Å². The Morgan fingerprint density at radius 1 is 1.29 bits per heavy atom. The molecule has 114 valence electrons. The summed E-state index contributed by atoms with van der Waals surface area (Å²) in [5.74, 6) is 0.730. The van der Waals surface area contributed by atoms with E-state index in [1.54, 1.807) is 0 Å². The maximum Gasteiger partial charge on any atom is 0.0456 e. The Bertz CT molecular complexity index is 556. The fourth-order valence-corrected chi connectivity index (χ4v) is 3.49. The van der Waals surface area contributed by atoms with Gasteiger partial charge in [0.15, 0.2) is 0 Å². The lowest BCUT2D eigenvalue weighted by atomic mass is 9.90. The Morgan fingerprint density at radius 2 is 2.10 bits per heavy atom. The standard InChI is InChI=1S/C18H27N3/c1-13-12-21(3)14(2)10-18(13)19-9-8-16-11-15-6-4-5-7-17(15)20-16/h4-7,11,13-14,18-20H,8-10,12H2,1-3H3/t13-,14+,18+/m1/s1. The summed E-state index contributed by atoms with van der Waals surface area (Å²) in [4.78, 5) is 5.98. The smallest absolute Gasteiger partial charge is 0.0456 e. The molecular formula is C18H27N3. The number of likely N-dealkylation sites (tertiary alicyclic amines) is 1. The molecule has 3 nitrogen and oxygen atoms in total. The number of aromatic amines is 1. The molecule has 1 aliphatic heterocycles. The van der Waals surface area contributed by atoms with E-state index in [-0.39, 0.29) is 0 Å². The maximum atomic E-state index is 3.77. The van der Waals surface area contributed by atoms with Gasteiger partial charge in [0.05, 0.1) is 0 Å². The number of hydrogen-bond donors (Lipinski definition) is 2. The van der Waals surface area contributed by atoms with E-state index in [1.807, 2.05) is 0 Å². The summed E-state index contributed by atoms with van der Waals surface area (Å²) >= 11 is 0. The molecule has 2 N–H and O–H groups in total. The van der Waals surface area contributed by atoms with E-state index >= 15 is 0 Å². The summed E-state index contributed by atoms with van der Waals surface area (Å²) < 4.78 is 0. The maximum absolute atomic E-state index is 3.77. The molecule has 2 aromatic rings. The number of para-hydroxylation sites is 1. The van der Waals surface area contributed by atoms with Gasteiger partial charge in [0.1, 0.15) is 0 Å². The van der Waals surface area contributed by atoms with Crippen LogP contribution in [-0.4, -0.2) is 42.1 Å². The van der Waals surface area contributed by atoms with Gasteiger partial charge in [-0.25, -0.2) is 0 Å². The molecule has 3 heteroatoms. The van der Waals surface area contributed by atoms with Gasteiger partial charge in [-0.2, -0.15) is 0 Å². The topological polar surface area (TPSA) is 31.1 Å². The van der Waals surface area contributed by atoms with Gasteiger partial charge >= 0.3 is 0 Å². The van der Waals surface area contributed by atoms with Crippen LogP contribution in [-0.2, 0) is 6.42 Å². The average molecular weight is 285 g/mol. The van der Waals surface area contributed by atoms with E-state index in [2.05, 4.69) is 66.4 Å². The fraction of sp³-hybridized carbons (Fsp3) is 0.556. The number of hydrogen-bond acceptors (Lipinski definition) is 2. The Morgan fingerprint density at radius 3 is 2.90 bits per heavy atom. The summed E-state index contributed by atoms with van der Waals surface area (Å²) in [6.45, 7) is 6.95. The van der Waals surface area contributed by atoms with Crippen molar-refractivity contribution in [3.63, 3.8) is 0 Å². The molecule has 0 aliphatic carbocycles. The van der Waals surface area contributed by atoms with Crippen LogP contribution in [0.5, 0.6) is 0 Å². The molecule has 21 heavy (non-hydrogen) atoms. The lowest BCUT2D eigenvalue weighted by Gasteiger charge is -2.40. The van der Waals surface area contributed by atoms with Crippen LogP contribution in [0.4, 0.5) is 0 Å². The minimum Gasteiger partial charge on any atom is -0.358 e. The molecule has 0 unspecified atom stereocenters. The number of benzene rings is 1. The van der Waals surface area contributed by atoms with Crippen LogP contribution in [0, 0.1) is 5.92 Å². The van der Waals surface area contributed by atoms with Gasteiger partial charge in [-0.15, -0.1) is 0 Å². The lowest BCUT2D eigenvalue weighted by Crippen LogP contribution is -2.51. The van der Waals surface area contributed by atoms with Crippen LogP contribution in [0.1, 0.15) is 26.0 Å². The zero-order valence-electron chi connectivity index (χ0n) is 13.4. The van der Waals surface area contributed by atoms with Crippen molar-refractivity contribution in [2.24, 2.45) is 5.92 Å². The molecule has 1 saturated heterocycles. The number of piperidine rings is 1. The number of nitrogens with zero attached hydrogens (tertiary/aromatic N) is 1. The second kappa shape index (κ2) is 6.20. The summed E-state index contributed by atoms with van der Waals surface area (Å²) in [5.41, 5.74) is 2.58. The van der Waals surface area contributed by atoms with E-state index in [0.29, 0.717) is 12.1 Å². The van der Waals surface area contributed by atoms with Crippen molar-refractivity contribution in [1.82, 2.24) is 15.2 Å². The predicted molar refractivity (Wildman–Crippen MR) is 89.7 cm³/mol. The van der Waals surface area contributed by atoms with Crippen molar-refractivity contribution in [3.8, 4) is 0 Å². The third-order valence-corrected chi connectivity index (χ3v) is 5.00. The molecule has 0 amide bonds. The predicted octanol–water partition coefficient (Wildman–Crippen LogP) is 3.03. The molecule has 3 rings (SSSR count). The molecule has 0 spiro atoms. The Balaban J connectivity index is 1.53. The molecule has 0 bridgehead atoms. The van der Waals surface area contributed by atoms with E-state index in [0.717, 1.165) is 18.9 Å². The molecule has 1 fully saturated rings. The highest BCUT2D eigenvalue weighted by Crippen LogP contribution is 2.21. The minimum absolute atomic E-state index is 0.653. The van der Waals surface area contributed by atoms with Crippen molar-refractivity contribution in [3.05, 3.63) is 36.0 Å². The summed E-state index contributed by atoms with van der Waals surface area (Å²) in [6.07, 6.45) is 2.33. The molecule has 3 atom stereocenters. The van der Waals surface area contributed by atoms with Gasteiger partial charge in [-0.1, -0.05) is 25.1 Å². The molecule has 0 saturated carbocycles. The molecule has 0 radical (unpaired) electrons. The van der Waals surface area contributed by atoms with E-state index in [4.69, 9.17) is 0 Å². The van der Waals surface area contributed by atoms with Gasteiger partial charge in [-0.3, -0.25) is 0 Å². The average Bonchev–Trinajstić information content (AvgIpc) is 2.87. The normalized spacial score (nSPS) is 27.3. The van der Waals surface area contributed by atoms with Gasteiger partial charge in [-0.05, 0) is 50.2 Å². The molecule has 1 aromatic heterocycles. The molecular weight excluding hydrogens is 258 g/mol. The lowest BCUT2D eigenvalue weighted by molar-refractivity contribution is 0.122. The van der Waals surface area contributed by atoms with Gasteiger partial charge in [0.25, 0.3) is 0 Å². The zero-order chi connectivity index (χ0) is 14.8. The van der Waals surface area contributed by atoms with Crippen molar-refractivity contribution in [2.75, 3.05) is 20.1 Å².